The molecule has 5 rings (SSSR count). The van der Waals surface area contributed by atoms with Gasteiger partial charge in [-0.2, -0.15) is 4.31 Å². The van der Waals surface area contributed by atoms with Gasteiger partial charge in [-0.1, -0.05) is 53.8 Å². The molecule has 2 aromatic heterocycles. The minimum atomic E-state index is -3.78. The predicted molar refractivity (Wildman–Crippen MR) is 135 cm³/mol. The third-order valence-electron chi connectivity index (χ3n) is 5.69. The number of thiophene rings is 1. The number of para-hydroxylation sites is 1. The van der Waals surface area contributed by atoms with E-state index in [4.69, 9.17) is 4.74 Å². The Kier molecular flexibility index (Phi) is 6.65. The summed E-state index contributed by atoms with van der Waals surface area (Å²) in [5.74, 6) is -1.16. The van der Waals surface area contributed by atoms with Crippen molar-refractivity contribution in [3.8, 4) is 0 Å². The summed E-state index contributed by atoms with van der Waals surface area (Å²) >= 11 is 2.46. The van der Waals surface area contributed by atoms with Crippen molar-refractivity contribution in [2.75, 3.05) is 18.5 Å². The maximum absolute atomic E-state index is 13.3. The van der Waals surface area contributed by atoms with Gasteiger partial charge in [0.15, 0.2) is 11.7 Å². The standard InChI is InChI=1S/C24H21N3O5S3/c28-21(26-24-25-18-8-3-4-9-20(18)34-24)15-32-22(29)14-19-17-7-2-1-6-16(17)11-12-27(19)35(30,31)23-10-5-13-33-23/h1-10,13,19H,11-12,14-15H2,(H,25,26,28). The molecule has 0 saturated carbocycles. The molecule has 4 aromatic rings. The number of sulfonamides is 1. The second kappa shape index (κ2) is 9.86. The fourth-order valence-corrected chi connectivity index (χ4v) is 7.70. The molecule has 0 spiro atoms. The molecule has 1 aliphatic heterocycles. The number of nitrogens with zero attached hydrogens (tertiary/aromatic N) is 2. The molecule has 11 heteroatoms. The van der Waals surface area contributed by atoms with Crippen molar-refractivity contribution in [3.05, 3.63) is 77.2 Å². The summed E-state index contributed by atoms with van der Waals surface area (Å²) in [7, 11) is -3.78. The minimum absolute atomic E-state index is 0.198. The monoisotopic (exact) mass is 527 g/mol. The topological polar surface area (TPSA) is 106 Å². The Labute approximate surface area is 210 Å². The zero-order valence-electron chi connectivity index (χ0n) is 18.4. The molecular formula is C24H21N3O5S3. The zero-order chi connectivity index (χ0) is 24.4. The zero-order valence-corrected chi connectivity index (χ0v) is 20.9. The number of ether oxygens (including phenoxy) is 1. The number of aromatic nitrogens is 1. The molecule has 3 heterocycles. The van der Waals surface area contributed by atoms with Crippen LogP contribution < -0.4 is 5.32 Å². The number of anilines is 1. The van der Waals surface area contributed by atoms with Gasteiger partial charge < -0.3 is 4.74 Å². The quantitative estimate of drug-likeness (QED) is 0.361. The van der Waals surface area contributed by atoms with E-state index < -0.39 is 34.5 Å². The maximum atomic E-state index is 13.3. The lowest BCUT2D eigenvalue weighted by Gasteiger charge is -2.35. The second-order valence-electron chi connectivity index (χ2n) is 7.91. The first-order valence-electron chi connectivity index (χ1n) is 10.9. The highest BCUT2D eigenvalue weighted by molar-refractivity contribution is 7.91. The van der Waals surface area contributed by atoms with Crippen LogP contribution in [0.4, 0.5) is 5.13 Å². The molecular weight excluding hydrogens is 506 g/mol. The van der Waals surface area contributed by atoms with Gasteiger partial charge in [0.25, 0.3) is 15.9 Å². The lowest BCUT2D eigenvalue weighted by molar-refractivity contribution is -0.148. The molecule has 1 atom stereocenters. The van der Waals surface area contributed by atoms with Gasteiger partial charge in [0.05, 0.1) is 22.7 Å². The van der Waals surface area contributed by atoms with Gasteiger partial charge in [-0.3, -0.25) is 14.9 Å². The number of benzene rings is 2. The van der Waals surface area contributed by atoms with Crippen molar-refractivity contribution in [1.29, 1.82) is 0 Å². The van der Waals surface area contributed by atoms with E-state index in [1.54, 1.807) is 17.5 Å². The number of carbonyl (C=O) groups is 2. The average molecular weight is 528 g/mol. The first-order chi connectivity index (χ1) is 16.9. The van der Waals surface area contributed by atoms with Crippen molar-refractivity contribution in [3.63, 3.8) is 0 Å². The van der Waals surface area contributed by atoms with E-state index in [9.17, 15) is 18.0 Å². The van der Waals surface area contributed by atoms with E-state index in [1.807, 2.05) is 48.5 Å². The van der Waals surface area contributed by atoms with Gasteiger partial charge in [-0.05, 0) is 41.1 Å². The largest absolute Gasteiger partial charge is 0.456 e. The van der Waals surface area contributed by atoms with E-state index in [0.717, 1.165) is 32.7 Å². The van der Waals surface area contributed by atoms with Crippen molar-refractivity contribution < 1.29 is 22.7 Å². The summed E-state index contributed by atoms with van der Waals surface area (Å²) in [5, 5.41) is 4.77. The summed E-state index contributed by atoms with van der Waals surface area (Å²) < 4.78 is 34.4. The number of hydrogen-bond donors (Lipinski definition) is 1. The maximum Gasteiger partial charge on any atom is 0.308 e. The van der Waals surface area contributed by atoms with E-state index >= 15 is 0 Å². The molecule has 1 N–H and O–H groups in total. The third kappa shape index (κ3) is 4.98. The smallest absolute Gasteiger partial charge is 0.308 e. The van der Waals surface area contributed by atoms with Gasteiger partial charge >= 0.3 is 5.97 Å². The van der Waals surface area contributed by atoms with Crippen LogP contribution in [0.2, 0.25) is 0 Å². The Morgan fingerprint density at radius 3 is 2.69 bits per heavy atom. The van der Waals surface area contributed by atoms with E-state index in [-0.39, 0.29) is 17.2 Å². The number of fused-ring (bicyclic) bond motifs is 2. The lowest BCUT2D eigenvalue weighted by atomic mass is 9.92. The second-order valence-corrected chi connectivity index (χ2v) is 12.0. The highest BCUT2D eigenvalue weighted by atomic mass is 32.2. The van der Waals surface area contributed by atoms with Gasteiger partial charge in [0.1, 0.15) is 4.21 Å². The van der Waals surface area contributed by atoms with Crippen LogP contribution in [0.25, 0.3) is 10.2 Å². The van der Waals surface area contributed by atoms with Crippen molar-refractivity contribution in [2.24, 2.45) is 0 Å². The number of esters is 1. The number of rotatable bonds is 7. The molecule has 180 valence electrons. The minimum Gasteiger partial charge on any atom is -0.456 e. The predicted octanol–water partition coefficient (Wildman–Crippen LogP) is 4.22. The fraction of sp³-hybridized carbons (Fsp3) is 0.208. The molecule has 35 heavy (non-hydrogen) atoms. The number of carbonyl (C=O) groups excluding carboxylic acids is 2. The number of nitrogens with one attached hydrogen (secondary N) is 1. The van der Waals surface area contributed by atoms with Crippen LogP contribution >= 0.6 is 22.7 Å². The SMILES string of the molecule is O=C(COC(=O)CC1c2ccccc2CCN1S(=O)(=O)c1cccs1)Nc1nc2ccccc2s1. The van der Waals surface area contributed by atoms with Crippen LogP contribution in [0.1, 0.15) is 23.6 Å². The van der Waals surface area contributed by atoms with Gasteiger partial charge in [0, 0.05) is 6.54 Å². The molecule has 8 nitrogen and oxygen atoms in total. The van der Waals surface area contributed by atoms with Gasteiger partial charge in [0.2, 0.25) is 0 Å². The average Bonchev–Trinajstić information content (AvgIpc) is 3.53. The molecule has 0 bridgehead atoms. The summed E-state index contributed by atoms with van der Waals surface area (Å²) in [6, 6.07) is 17.5. The van der Waals surface area contributed by atoms with Crippen LogP contribution in [0, 0.1) is 0 Å². The molecule has 0 aliphatic carbocycles. The van der Waals surface area contributed by atoms with Crippen molar-refractivity contribution >= 4 is 59.9 Å². The molecule has 1 amide bonds. The first-order valence-corrected chi connectivity index (χ1v) is 14.0. The lowest BCUT2D eigenvalue weighted by Crippen LogP contribution is -2.41. The molecule has 0 radical (unpaired) electrons. The Balaban J connectivity index is 1.28. The van der Waals surface area contributed by atoms with Crippen molar-refractivity contribution in [1.82, 2.24) is 9.29 Å². The Bertz CT molecular complexity index is 1450. The van der Waals surface area contributed by atoms with Crippen LogP contribution in [0.5, 0.6) is 0 Å². The molecule has 0 fully saturated rings. The third-order valence-corrected chi connectivity index (χ3v) is 9.92. The number of amides is 1. The normalized spacial score (nSPS) is 16.1. The van der Waals surface area contributed by atoms with Gasteiger partial charge in [-0.25, -0.2) is 13.4 Å². The molecule has 0 saturated heterocycles. The highest BCUT2D eigenvalue weighted by Gasteiger charge is 2.38. The molecule has 1 unspecified atom stereocenters. The summed E-state index contributed by atoms with van der Waals surface area (Å²) in [5.41, 5.74) is 2.54. The van der Waals surface area contributed by atoms with Crippen LogP contribution in [0.3, 0.4) is 0 Å². The summed E-state index contributed by atoms with van der Waals surface area (Å²) in [6.45, 7) is -0.228. The summed E-state index contributed by atoms with van der Waals surface area (Å²) in [6.07, 6.45) is 0.354. The molecule has 2 aromatic carbocycles. The van der Waals surface area contributed by atoms with E-state index in [2.05, 4.69) is 10.3 Å². The van der Waals surface area contributed by atoms with Gasteiger partial charge in [-0.15, -0.1) is 11.3 Å². The van der Waals surface area contributed by atoms with Crippen molar-refractivity contribution in [2.45, 2.75) is 23.1 Å². The highest BCUT2D eigenvalue weighted by Crippen LogP contribution is 2.37. The van der Waals surface area contributed by atoms with Crippen LogP contribution in [-0.4, -0.2) is 42.7 Å². The van der Waals surface area contributed by atoms with E-state index in [1.165, 1.54) is 15.6 Å². The summed E-state index contributed by atoms with van der Waals surface area (Å²) in [4.78, 5) is 29.4. The Morgan fingerprint density at radius 2 is 1.89 bits per heavy atom. The number of thiazole rings is 1. The van der Waals surface area contributed by atoms with Crippen LogP contribution in [-0.2, 0) is 30.8 Å². The Morgan fingerprint density at radius 1 is 1.09 bits per heavy atom. The molecule has 1 aliphatic rings. The Hall–Kier alpha value is -3.12. The first kappa shape index (κ1) is 23.6. The van der Waals surface area contributed by atoms with Crippen LogP contribution in [0.15, 0.2) is 70.3 Å². The fourth-order valence-electron chi connectivity index (χ4n) is 4.10. The number of hydrogen-bond acceptors (Lipinski definition) is 8. The van der Waals surface area contributed by atoms with E-state index in [0.29, 0.717) is 11.6 Å².